The predicted octanol–water partition coefficient (Wildman–Crippen LogP) is 1.93. The summed E-state index contributed by atoms with van der Waals surface area (Å²) in [6, 6.07) is 5.40. The molecule has 0 unspecified atom stereocenters. The van der Waals surface area contributed by atoms with Gasteiger partial charge in [-0.05, 0) is 25.0 Å². The maximum Gasteiger partial charge on any atom is 0.274 e. The smallest absolute Gasteiger partial charge is 0.274 e. The lowest BCUT2D eigenvalue weighted by molar-refractivity contribution is 0.0347. The van der Waals surface area contributed by atoms with Crippen LogP contribution < -0.4 is 4.74 Å². The van der Waals surface area contributed by atoms with Crippen molar-refractivity contribution >= 4 is 5.91 Å². The van der Waals surface area contributed by atoms with E-state index in [1.807, 2.05) is 28.8 Å². The number of hydrogen-bond acceptors (Lipinski definition) is 6. The molecule has 3 aromatic heterocycles. The van der Waals surface area contributed by atoms with Gasteiger partial charge in [-0.2, -0.15) is 5.10 Å². The molecule has 29 heavy (non-hydrogen) atoms. The zero-order chi connectivity index (χ0) is 20.4. The van der Waals surface area contributed by atoms with Crippen LogP contribution in [-0.2, 0) is 11.8 Å². The van der Waals surface area contributed by atoms with Crippen LogP contribution >= 0.6 is 0 Å². The summed E-state index contributed by atoms with van der Waals surface area (Å²) < 4.78 is 14.1. The summed E-state index contributed by atoms with van der Waals surface area (Å²) >= 11 is 0. The van der Waals surface area contributed by atoms with Crippen LogP contribution in [0.25, 0.3) is 17.1 Å². The fourth-order valence-electron chi connectivity index (χ4n) is 3.49. The summed E-state index contributed by atoms with van der Waals surface area (Å²) in [5.74, 6) is 0.426. The number of pyridine rings is 1. The number of piperidine rings is 1. The quantitative estimate of drug-likeness (QED) is 0.655. The molecule has 0 spiro atoms. The Hall–Kier alpha value is -3.20. The third-order valence-electron chi connectivity index (χ3n) is 5.13. The predicted molar refractivity (Wildman–Crippen MR) is 106 cm³/mol. The molecular weight excluding hydrogens is 372 g/mol. The Kier molecular flexibility index (Phi) is 5.30. The Morgan fingerprint density at radius 2 is 1.97 bits per heavy atom. The van der Waals surface area contributed by atoms with Gasteiger partial charge < -0.3 is 18.9 Å². The van der Waals surface area contributed by atoms with Crippen molar-refractivity contribution in [2.75, 3.05) is 27.3 Å². The number of likely N-dealkylation sites (tertiary alicyclic amines) is 1. The molecule has 1 fully saturated rings. The van der Waals surface area contributed by atoms with Crippen LogP contribution in [0.15, 0.2) is 36.9 Å². The van der Waals surface area contributed by atoms with Crippen LogP contribution in [0.4, 0.5) is 0 Å². The van der Waals surface area contributed by atoms with E-state index in [9.17, 15) is 4.79 Å². The molecule has 0 bridgehead atoms. The number of aryl methyl sites for hydroxylation is 1. The molecule has 152 valence electrons. The van der Waals surface area contributed by atoms with E-state index < -0.39 is 0 Å². The van der Waals surface area contributed by atoms with Crippen molar-refractivity contribution in [2.24, 2.45) is 7.05 Å². The second kappa shape index (κ2) is 8.04. The standard InChI is InChI=1S/C20H24N6O3/c1-24-12-17(22-13-24)18-10-16(20(27)25-8-6-15(28-2)7-9-25)23-26(18)14-4-5-19(29-3)21-11-14/h4-5,10-13,15H,6-9H2,1-3H3. The van der Waals surface area contributed by atoms with E-state index >= 15 is 0 Å². The normalized spacial score (nSPS) is 14.9. The van der Waals surface area contributed by atoms with Crippen molar-refractivity contribution in [2.45, 2.75) is 18.9 Å². The lowest BCUT2D eigenvalue weighted by atomic mass is 10.1. The van der Waals surface area contributed by atoms with E-state index in [1.165, 1.54) is 0 Å². The van der Waals surface area contributed by atoms with Crippen LogP contribution in [-0.4, -0.2) is 68.5 Å². The minimum atomic E-state index is -0.0862. The highest BCUT2D eigenvalue weighted by molar-refractivity contribution is 5.93. The molecule has 0 aliphatic carbocycles. The summed E-state index contributed by atoms with van der Waals surface area (Å²) in [5, 5.41) is 4.60. The number of amides is 1. The summed E-state index contributed by atoms with van der Waals surface area (Å²) in [6.07, 6.45) is 7.15. The summed E-state index contributed by atoms with van der Waals surface area (Å²) in [5.41, 5.74) is 2.57. The van der Waals surface area contributed by atoms with Gasteiger partial charge in [0.2, 0.25) is 5.88 Å². The van der Waals surface area contributed by atoms with Gasteiger partial charge in [0.15, 0.2) is 5.69 Å². The fraction of sp³-hybridized carbons (Fsp3) is 0.400. The Morgan fingerprint density at radius 1 is 1.17 bits per heavy atom. The molecule has 9 heteroatoms. The molecule has 1 aliphatic heterocycles. The molecule has 1 amide bonds. The van der Waals surface area contributed by atoms with Crippen LogP contribution in [0.5, 0.6) is 5.88 Å². The highest BCUT2D eigenvalue weighted by atomic mass is 16.5. The average Bonchev–Trinajstić information content (AvgIpc) is 3.40. The number of ether oxygens (including phenoxy) is 2. The van der Waals surface area contributed by atoms with Crippen LogP contribution in [0.1, 0.15) is 23.3 Å². The average molecular weight is 396 g/mol. The zero-order valence-corrected chi connectivity index (χ0v) is 16.8. The highest BCUT2D eigenvalue weighted by Crippen LogP contribution is 2.24. The first kappa shape index (κ1) is 19.1. The van der Waals surface area contributed by atoms with Gasteiger partial charge in [-0.3, -0.25) is 4.79 Å². The van der Waals surface area contributed by atoms with Crippen LogP contribution in [0.2, 0.25) is 0 Å². The number of nitrogens with zero attached hydrogens (tertiary/aromatic N) is 6. The van der Waals surface area contributed by atoms with E-state index in [-0.39, 0.29) is 12.0 Å². The monoisotopic (exact) mass is 396 g/mol. The molecular formula is C20H24N6O3. The zero-order valence-electron chi connectivity index (χ0n) is 16.8. The van der Waals surface area contributed by atoms with E-state index in [1.54, 1.807) is 43.6 Å². The van der Waals surface area contributed by atoms with Crippen molar-refractivity contribution in [3.63, 3.8) is 0 Å². The number of carbonyl (C=O) groups excluding carboxylic acids is 1. The molecule has 0 radical (unpaired) electrons. The lowest BCUT2D eigenvalue weighted by Gasteiger charge is -2.30. The molecule has 0 aromatic carbocycles. The summed E-state index contributed by atoms with van der Waals surface area (Å²) in [4.78, 5) is 23.6. The van der Waals surface area contributed by atoms with Gasteiger partial charge in [0, 0.05) is 39.5 Å². The highest BCUT2D eigenvalue weighted by Gasteiger charge is 2.26. The molecule has 3 aromatic rings. The summed E-state index contributed by atoms with van der Waals surface area (Å²) in [7, 11) is 5.18. The molecule has 0 atom stereocenters. The minimum absolute atomic E-state index is 0.0862. The third-order valence-corrected chi connectivity index (χ3v) is 5.13. The number of methoxy groups -OCH3 is 2. The molecule has 0 saturated carbocycles. The maximum atomic E-state index is 13.1. The molecule has 4 heterocycles. The number of aromatic nitrogens is 5. The van der Waals surface area contributed by atoms with Gasteiger partial charge in [0.25, 0.3) is 5.91 Å². The Labute approximate surface area is 168 Å². The Bertz CT molecular complexity index is 986. The van der Waals surface area contributed by atoms with Crippen molar-refractivity contribution in [3.8, 4) is 23.0 Å². The van der Waals surface area contributed by atoms with Crippen molar-refractivity contribution in [1.82, 2.24) is 29.2 Å². The summed E-state index contributed by atoms with van der Waals surface area (Å²) in [6.45, 7) is 1.32. The van der Waals surface area contributed by atoms with Gasteiger partial charge >= 0.3 is 0 Å². The Morgan fingerprint density at radius 3 is 2.55 bits per heavy atom. The topological polar surface area (TPSA) is 87.3 Å². The molecule has 1 aliphatic rings. The number of rotatable bonds is 5. The van der Waals surface area contributed by atoms with E-state index in [0.29, 0.717) is 24.7 Å². The van der Waals surface area contributed by atoms with Crippen molar-refractivity contribution in [3.05, 3.63) is 42.6 Å². The molecule has 4 rings (SSSR count). The fourth-order valence-corrected chi connectivity index (χ4v) is 3.49. The number of imidazole rings is 1. The Balaban J connectivity index is 1.68. The van der Waals surface area contributed by atoms with Gasteiger partial charge in [0.05, 0.1) is 37.1 Å². The minimum Gasteiger partial charge on any atom is -0.481 e. The van der Waals surface area contributed by atoms with Crippen LogP contribution in [0.3, 0.4) is 0 Å². The van der Waals surface area contributed by atoms with Gasteiger partial charge in [-0.25, -0.2) is 14.6 Å². The second-order valence-corrected chi connectivity index (χ2v) is 7.04. The van der Waals surface area contributed by atoms with Gasteiger partial charge in [0.1, 0.15) is 5.69 Å². The van der Waals surface area contributed by atoms with Crippen molar-refractivity contribution < 1.29 is 14.3 Å². The molecule has 1 saturated heterocycles. The second-order valence-electron chi connectivity index (χ2n) is 7.04. The first-order chi connectivity index (χ1) is 14.1. The lowest BCUT2D eigenvalue weighted by Crippen LogP contribution is -2.40. The third kappa shape index (κ3) is 3.86. The number of hydrogen-bond donors (Lipinski definition) is 0. The maximum absolute atomic E-state index is 13.1. The molecule has 0 N–H and O–H groups in total. The first-order valence-electron chi connectivity index (χ1n) is 9.50. The van der Waals surface area contributed by atoms with E-state index in [4.69, 9.17) is 9.47 Å². The van der Waals surface area contributed by atoms with Gasteiger partial charge in [-0.1, -0.05) is 0 Å². The van der Waals surface area contributed by atoms with E-state index in [0.717, 1.165) is 29.9 Å². The van der Waals surface area contributed by atoms with Crippen LogP contribution in [0, 0.1) is 0 Å². The molecule has 9 nitrogen and oxygen atoms in total. The number of carbonyl (C=O) groups is 1. The van der Waals surface area contributed by atoms with Gasteiger partial charge in [-0.15, -0.1) is 0 Å². The first-order valence-corrected chi connectivity index (χ1v) is 9.50. The SMILES string of the molecule is COc1ccc(-n2nc(C(=O)N3CCC(OC)CC3)cc2-c2cn(C)cn2)cn1. The van der Waals surface area contributed by atoms with E-state index in [2.05, 4.69) is 15.1 Å². The van der Waals surface area contributed by atoms with Crippen molar-refractivity contribution in [1.29, 1.82) is 0 Å². The largest absolute Gasteiger partial charge is 0.481 e.